The van der Waals surface area contributed by atoms with Crippen LogP contribution >= 0.6 is 0 Å². The summed E-state index contributed by atoms with van der Waals surface area (Å²) in [5, 5.41) is 10.4. The summed E-state index contributed by atoms with van der Waals surface area (Å²) in [6, 6.07) is 9.55. The smallest absolute Gasteiger partial charge is 0.437 e. The Hall–Kier alpha value is -3.53. The first-order valence-corrected chi connectivity index (χ1v) is 7.06. The van der Waals surface area contributed by atoms with Gasteiger partial charge in [-0.05, 0) is 24.3 Å². The van der Waals surface area contributed by atoms with Gasteiger partial charge in [-0.1, -0.05) is 12.1 Å². The van der Waals surface area contributed by atoms with Gasteiger partial charge in [-0.25, -0.2) is 9.78 Å². The molecule has 0 unspecified atom stereocenters. The minimum Gasteiger partial charge on any atom is -0.437 e. The molecule has 1 aromatic heterocycles. The number of rotatable bonds is 5. The summed E-state index contributed by atoms with van der Waals surface area (Å²) < 4.78 is 9.41. The molecule has 0 saturated carbocycles. The number of nitrogens with one attached hydrogen (secondary N) is 1. The maximum absolute atomic E-state index is 11.2. The number of nitrogens with zero attached hydrogens (tertiary/aromatic N) is 3. The summed E-state index contributed by atoms with van der Waals surface area (Å²) in [5.41, 5.74) is 11.6. The molecule has 1 heterocycles. The molecule has 2 aromatic rings. The normalized spacial score (nSPS) is 10.5. The van der Waals surface area contributed by atoms with Gasteiger partial charge in [0.15, 0.2) is 11.6 Å². The Morgan fingerprint density at radius 2 is 1.88 bits per heavy atom. The number of pyridine rings is 1. The van der Waals surface area contributed by atoms with Crippen molar-refractivity contribution in [1.82, 2.24) is 4.98 Å². The van der Waals surface area contributed by atoms with Gasteiger partial charge in [0.05, 0.1) is 13.7 Å². The summed E-state index contributed by atoms with van der Waals surface area (Å²) in [6.45, 7) is -0.167. The van der Waals surface area contributed by atoms with Gasteiger partial charge >= 0.3 is 6.16 Å². The van der Waals surface area contributed by atoms with Crippen LogP contribution in [0.1, 0.15) is 0 Å². The topological polar surface area (TPSA) is 154 Å². The van der Waals surface area contributed by atoms with Crippen LogP contribution in [0, 0.1) is 0 Å². The van der Waals surface area contributed by atoms with Crippen molar-refractivity contribution in [2.24, 2.45) is 16.0 Å². The van der Waals surface area contributed by atoms with Crippen molar-refractivity contribution in [1.29, 1.82) is 0 Å². The van der Waals surface area contributed by atoms with Crippen LogP contribution in [0.4, 0.5) is 27.8 Å². The second kappa shape index (κ2) is 8.36. The van der Waals surface area contributed by atoms with Gasteiger partial charge in [-0.3, -0.25) is 4.79 Å². The summed E-state index contributed by atoms with van der Waals surface area (Å²) >= 11 is 0. The lowest BCUT2D eigenvalue weighted by Gasteiger charge is -2.06. The number of carbonyl (C=O) groups excluding carboxylic acids is 2. The van der Waals surface area contributed by atoms with Crippen molar-refractivity contribution in [3.8, 4) is 5.75 Å². The Balaban J connectivity index is 2.19. The molecule has 0 atom stereocenters. The molecule has 0 bridgehead atoms. The number of nitrogen functional groups attached to an aromatic ring is 1. The number of ether oxygens (including phenoxy) is 2. The first-order chi connectivity index (χ1) is 12.0. The number of aromatic nitrogens is 1. The molecule has 0 aliphatic rings. The number of para-hydroxylation sites is 1. The third-order valence-electron chi connectivity index (χ3n) is 2.85. The molecular formula is C15H16N6O4. The molecule has 5 N–H and O–H groups in total. The van der Waals surface area contributed by atoms with E-state index in [9.17, 15) is 9.59 Å². The van der Waals surface area contributed by atoms with Crippen LogP contribution in [0.15, 0.2) is 46.6 Å². The minimum atomic E-state index is -0.871. The third kappa shape index (κ3) is 4.97. The molecule has 2 rings (SSSR count). The predicted molar refractivity (Wildman–Crippen MR) is 90.0 cm³/mol. The highest BCUT2D eigenvalue weighted by molar-refractivity contribution is 5.91. The van der Waals surface area contributed by atoms with E-state index in [1.54, 1.807) is 24.3 Å². The molecule has 0 fully saturated rings. The molecule has 0 aliphatic heterocycles. The van der Waals surface area contributed by atoms with E-state index in [1.807, 2.05) is 0 Å². The van der Waals surface area contributed by atoms with Crippen LogP contribution in [0.5, 0.6) is 5.75 Å². The fraction of sp³-hybridized carbons (Fsp3) is 0.133. The number of hydrogen-bond donors (Lipinski definition) is 3. The molecule has 1 aromatic carbocycles. The number of hydrogen-bond acceptors (Lipinski definition) is 9. The Morgan fingerprint density at radius 1 is 1.16 bits per heavy atom. The van der Waals surface area contributed by atoms with E-state index in [-0.39, 0.29) is 29.6 Å². The zero-order valence-electron chi connectivity index (χ0n) is 13.3. The van der Waals surface area contributed by atoms with E-state index in [4.69, 9.17) is 16.2 Å². The largest absolute Gasteiger partial charge is 0.513 e. The first-order valence-electron chi connectivity index (χ1n) is 7.06. The van der Waals surface area contributed by atoms with Crippen LogP contribution in [0.25, 0.3) is 0 Å². The Kier molecular flexibility index (Phi) is 5.96. The lowest BCUT2D eigenvalue weighted by atomic mass is 10.3. The molecule has 0 aliphatic carbocycles. The molecule has 1 amide bonds. The van der Waals surface area contributed by atoms with E-state index in [1.165, 1.54) is 19.2 Å². The Labute approximate surface area is 142 Å². The monoisotopic (exact) mass is 344 g/mol. The zero-order valence-corrected chi connectivity index (χ0v) is 13.3. The number of anilines is 2. The molecule has 0 radical (unpaired) electrons. The number of azo groups is 1. The fourth-order valence-electron chi connectivity index (χ4n) is 1.68. The summed E-state index contributed by atoms with van der Waals surface area (Å²) in [7, 11) is 1.20. The van der Waals surface area contributed by atoms with E-state index in [0.29, 0.717) is 5.69 Å². The highest BCUT2D eigenvalue weighted by Gasteiger charge is 2.09. The van der Waals surface area contributed by atoms with Gasteiger partial charge in [0.2, 0.25) is 5.91 Å². The first kappa shape index (κ1) is 17.8. The minimum absolute atomic E-state index is 0.0601. The van der Waals surface area contributed by atoms with Crippen molar-refractivity contribution in [2.45, 2.75) is 0 Å². The maximum atomic E-state index is 11.2. The Morgan fingerprint density at radius 3 is 2.56 bits per heavy atom. The van der Waals surface area contributed by atoms with Crippen LogP contribution in [-0.4, -0.2) is 30.7 Å². The molecule has 0 spiro atoms. The number of amides is 1. The van der Waals surface area contributed by atoms with E-state index >= 15 is 0 Å². The summed E-state index contributed by atoms with van der Waals surface area (Å²) in [6.07, 6.45) is -0.871. The molecule has 0 saturated heterocycles. The summed E-state index contributed by atoms with van der Waals surface area (Å²) in [5.74, 6) is 0.0953. The van der Waals surface area contributed by atoms with Gasteiger partial charge in [-0.2, -0.15) is 0 Å². The van der Waals surface area contributed by atoms with Crippen molar-refractivity contribution in [2.75, 3.05) is 24.7 Å². The number of methoxy groups -OCH3 is 1. The zero-order chi connectivity index (χ0) is 18.2. The lowest BCUT2D eigenvalue weighted by molar-refractivity contribution is -0.114. The molecule has 10 heteroatoms. The van der Waals surface area contributed by atoms with Gasteiger partial charge in [0, 0.05) is 0 Å². The van der Waals surface area contributed by atoms with E-state index in [2.05, 4.69) is 25.3 Å². The van der Waals surface area contributed by atoms with E-state index < -0.39 is 12.1 Å². The predicted octanol–water partition coefficient (Wildman–Crippen LogP) is 2.12. The van der Waals surface area contributed by atoms with Gasteiger partial charge in [0.1, 0.15) is 17.2 Å². The van der Waals surface area contributed by atoms with Crippen molar-refractivity contribution in [3.05, 3.63) is 36.4 Å². The average Bonchev–Trinajstić information content (AvgIpc) is 2.62. The quantitative estimate of drug-likeness (QED) is 0.426. The third-order valence-corrected chi connectivity index (χ3v) is 2.85. The van der Waals surface area contributed by atoms with E-state index in [0.717, 1.165) is 0 Å². The average molecular weight is 344 g/mol. The SMILES string of the molecule is COC(=O)Oc1ccccc1N=Nc1ccc(NC(=O)CN)nc1N. The molecule has 130 valence electrons. The molecule has 10 nitrogen and oxygen atoms in total. The van der Waals surface area contributed by atoms with Crippen LogP contribution in [-0.2, 0) is 9.53 Å². The highest BCUT2D eigenvalue weighted by atomic mass is 16.7. The van der Waals surface area contributed by atoms with Crippen LogP contribution in [0.2, 0.25) is 0 Å². The Bertz CT molecular complexity index is 808. The van der Waals surface area contributed by atoms with Crippen molar-refractivity contribution < 1.29 is 19.1 Å². The summed E-state index contributed by atoms with van der Waals surface area (Å²) in [4.78, 5) is 26.4. The molecular weight excluding hydrogens is 328 g/mol. The number of benzene rings is 1. The highest BCUT2D eigenvalue weighted by Crippen LogP contribution is 2.30. The second-order valence-electron chi connectivity index (χ2n) is 4.58. The van der Waals surface area contributed by atoms with Crippen molar-refractivity contribution in [3.63, 3.8) is 0 Å². The fourth-order valence-corrected chi connectivity index (χ4v) is 1.68. The van der Waals surface area contributed by atoms with Crippen LogP contribution < -0.4 is 21.5 Å². The van der Waals surface area contributed by atoms with Crippen LogP contribution in [0.3, 0.4) is 0 Å². The molecule has 25 heavy (non-hydrogen) atoms. The lowest BCUT2D eigenvalue weighted by Crippen LogP contribution is -2.22. The van der Waals surface area contributed by atoms with Gasteiger partial charge in [-0.15, -0.1) is 10.2 Å². The van der Waals surface area contributed by atoms with Crippen molar-refractivity contribution >= 4 is 35.1 Å². The van der Waals surface area contributed by atoms with Gasteiger partial charge < -0.3 is 26.3 Å². The standard InChI is InChI=1S/C15H16N6O4/c1-24-15(23)25-11-5-3-2-4-9(11)20-21-10-6-7-12(19-14(10)17)18-13(22)8-16/h2-7H,8,16H2,1H3,(H3,17,18,19,22). The second-order valence-corrected chi connectivity index (χ2v) is 4.58. The van der Waals surface area contributed by atoms with Gasteiger partial charge in [0.25, 0.3) is 0 Å². The number of nitrogens with two attached hydrogens (primary N) is 2. The number of carbonyl (C=O) groups is 2. The maximum Gasteiger partial charge on any atom is 0.513 e.